The van der Waals surface area contributed by atoms with E-state index in [0.717, 1.165) is 51.6 Å². The summed E-state index contributed by atoms with van der Waals surface area (Å²) in [5.74, 6) is 1.43. The van der Waals surface area contributed by atoms with Crippen LogP contribution in [0.25, 0.3) is 11.3 Å². The standard InChI is InChI=1S/C19H25N7O2/c1-25(8-5-9-26-10-12-27-13-11-26)19-18(20-14-15-6-3-2-4-7-15)21-16-17(22-19)24-28-23-16/h2-4,6-7H,5,8-14H2,1H3,(H,20,21,23). The Labute approximate surface area is 163 Å². The number of benzene rings is 1. The van der Waals surface area contributed by atoms with Crippen LogP contribution >= 0.6 is 0 Å². The van der Waals surface area contributed by atoms with Crippen LogP contribution in [0, 0.1) is 0 Å². The molecule has 28 heavy (non-hydrogen) atoms. The van der Waals surface area contributed by atoms with Gasteiger partial charge in [-0.2, -0.15) is 0 Å². The fourth-order valence-corrected chi connectivity index (χ4v) is 3.26. The Kier molecular flexibility index (Phi) is 5.93. The van der Waals surface area contributed by atoms with Crippen molar-refractivity contribution in [1.82, 2.24) is 25.2 Å². The summed E-state index contributed by atoms with van der Waals surface area (Å²) in [6, 6.07) is 10.2. The van der Waals surface area contributed by atoms with Crippen molar-refractivity contribution in [3.05, 3.63) is 35.9 Å². The molecule has 3 aromatic rings. The first-order valence-electron chi connectivity index (χ1n) is 9.59. The molecule has 9 heteroatoms. The number of nitrogens with zero attached hydrogens (tertiary/aromatic N) is 6. The van der Waals surface area contributed by atoms with Crippen molar-refractivity contribution >= 4 is 22.9 Å². The van der Waals surface area contributed by atoms with Crippen molar-refractivity contribution in [3.63, 3.8) is 0 Å². The van der Waals surface area contributed by atoms with Gasteiger partial charge in [-0.05, 0) is 22.3 Å². The van der Waals surface area contributed by atoms with Gasteiger partial charge in [0, 0.05) is 39.8 Å². The van der Waals surface area contributed by atoms with Gasteiger partial charge < -0.3 is 15.0 Å². The van der Waals surface area contributed by atoms with Gasteiger partial charge in [0.2, 0.25) is 11.3 Å². The number of rotatable bonds is 8. The van der Waals surface area contributed by atoms with Crippen LogP contribution in [-0.4, -0.2) is 71.6 Å². The Morgan fingerprint density at radius 1 is 1.07 bits per heavy atom. The van der Waals surface area contributed by atoms with Gasteiger partial charge in [-0.15, -0.1) is 0 Å². The second-order valence-corrected chi connectivity index (χ2v) is 6.88. The van der Waals surface area contributed by atoms with Crippen molar-refractivity contribution in [3.8, 4) is 0 Å². The molecule has 3 heterocycles. The van der Waals surface area contributed by atoms with E-state index in [0.29, 0.717) is 23.7 Å². The lowest BCUT2D eigenvalue weighted by Crippen LogP contribution is -2.38. The highest BCUT2D eigenvalue weighted by atomic mass is 16.6. The fourth-order valence-electron chi connectivity index (χ4n) is 3.26. The molecule has 1 N–H and O–H groups in total. The molecule has 9 nitrogen and oxygen atoms in total. The largest absolute Gasteiger partial charge is 0.379 e. The fraction of sp³-hybridized carbons (Fsp3) is 0.474. The molecule has 1 fully saturated rings. The Morgan fingerprint density at radius 3 is 2.61 bits per heavy atom. The third kappa shape index (κ3) is 4.55. The molecule has 0 unspecified atom stereocenters. The van der Waals surface area contributed by atoms with Crippen LogP contribution in [-0.2, 0) is 11.3 Å². The average molecular weight is 383 g/mol. The monoisotopic (exact) mass is 383 g/mol. The topological polar surface area (TPSA) is 92.4 Å². The first-order chi connectivity index (χ1) is 13.8. The van der Waals surface area contributed by atoms with Crippen LogP contribution in [0.3, 0.4) is 0 Å². The lowest BCUT2D eigenvalue weighted by Gasteiger charge is -2.27. The molecule has 1 saturated heterocycles. The summed E-state index contributed by atoms with van der Waals surface area (Å²) in [6.07, 6.45) is 1.03. The minimum atomic E-state index is 0.404. The minimum absolute atomic E-state index is 0.404. The van der Waals surface area contributed by atoms with Crippen LogP contribution in [0.4, 0.5) is 11.6 Å². The molecule has 0 radical (unpaired) electrons. The number of nitrogens with one attached hydrogen (secondary N) is 1. The van der Waals surface area contributed by atoms with Crippen LogP contribution in [0.2, 0.25) is 0 Å². The quantitative estimate of drug-likeness (QED) is 0.625. The first kappa shape index (κ1) is 18.6. The predicted octanol–water partition coefficient (Wildman–Crippen LogP) is 1.78. The zero-order chi connectivity index (χ0) is 19.2. The summed E-state index contributed by atoms with van der Waals surface area (Å²) in [6.45, 7) is 6.22. The maximum absolute atomic E-state index is 5.41. The summed E-state index contributed by atoms with van der Waals surface area (Å²) in [5, 5.41) is 11.0. The maximum Gasteiger partial charge on any atom is 0.245 e. The minimum Gasteiger partial charge on any atom is -0.379 e. The highest BCUT2D eigenvalue weighted by Gasteiger charge is 2.17. The molecule has 148 valence electrons. The van der Waals surface area contributed by atoms with Gasteiger partial charge in [0.15, 0.2) is 11.6 Å². The van der Waals surface area contributed by atoms with E-state index in [1.807, 2.05) is 25.2 Å². The normalized spacial score (nSPS) is 15.0. The van der Waals surface area contributed by atoms with Crippen molar-refractivity contribution < 1.29 is 9.37 Å². The van der Waals surface area contributed by atoms with E-state index < -0.39 is 0 Å². The molecular weight excluding hydrogens is 358 g/mol. The second kappa shape index (κ2) is 8.94. The van der Waals surface area contributed by atoms with Gasteiger partial charge in [0.05, 0.1) is 13.2 Å². The van der Waals surface area contributed by atoms with Crippen molar-refractivity contribution in [2.24, 2.45) is 0 Å². The third-order valence-corrected chi connectivity index (χ3v) is 4.83. The number of hydrogen-bond donors (Lipinski definition) is 1. The van der Waals surface area contributed by atoms with Crippen molar-refractivity contribution in [2.45, 2.75) is 13.0 Å². The molecule has 0 amide bonds. The van der Waals surface area contributed by atoms with Crippen molar-refractivity contribution in [1.29, 1.82) is 0 Å². The van der Waals surface area contributed by atoms with Gasteiger partial charge >= 0.3 is 0 Å². The highest BCUT2D eigenvalue weighted by Crippen LogP contribution is 2.23. The first-order valence-corrected chi connectivity index (χ1v) is 9.59. The van der Waals surface area contributed by atoms with Crippen LogP contribution in [0.5, 0.6) is 0 Å². The Morgan fingerprint density at radius 2 is 1.82 bits per heavy atom. The SMILES string of the molecule is CN(CCCN1CCOCC1)c1nc2nonc2nc1NCc1ccccc1. The summed E-state index contributed by atoms with van der Waals surface area (Å²) in [4.78, 5) is 13.7. The van der Waals surface area contributed by atoms with E-state index >= 15 is 0 Å². The van der Waals surface area contributed by atoms with Gasteiger partial charge in [-0.3, -0.25) is 4.90 Å². The molecule has 0 spiro atoms. The molecule has 2 aromatic heterocycles. The van der Waals surface area contributed by atoms with E-state index in [1.165, 1.54) is 5.56 Å². The Balaban J connectivity index is 1.44. The number of anilines is 2. The van der Waals surface area contributed by atoms with E-state index in [2.05, 4.69) is 47.5 Å². The number of morpholine rings is 1. The van der Waals surface area contributed by atoms with Gasteiger partial charge in [-0.25, -0.2) is 14.6 Å². The zero-order valence-electron chi connectivity index (χ0n) is 16.0. The predicted molar refractivity (Wildman–Crippen MR) is 106 cm³/mol. The zero-order valence-corrected chi connectivity index (χ0v) is 16.0. The van der Waals surface area contributed by atoms with Gasteiger partial charge in [0.25, 0.3) is 0 Å². The highest BCUT2D eigenvalue weighted by molar-refractivity contribution is 5.73. The molecule has 1 aliphatic rings. The van der Waals surface area contributed by atoms with E-state index in [1.54, 1.807) is 0 Å². The molecule has 1 aromatic carbocycles. The van der Waals surface area contributed by atoms with Crippen LogP contribution in [0.1, 0.15) is 12.0 Å². The smallest absolute Gasteiger partial charge is 0.245 e. The molecule has 4 rings (SSSR count). The van der Waals surface area contributed by atoms with Crippen molar-refractivity contribution in [2.75, 3.05) is 56.7 Å². The Hall–Kier alpha value is -2.78. The Bertz CT molecular complexity index is 880. The summed E-state index contributed by atoms with van der Waals surface area (Å²) in [5.41, 5.74) is 1.99. The summed E-state index contributed by atoms with van der Waals surface area (Å²) >= 11 is 0. The number of fused-ring (bicyclic) bond motifs is 1. The number of ether oxygens (including phenoxy) is 1. The van der Waals surface area contributed by atoms with Gasteiger partial charge in [-0.1, -0.05) is 30.3 Å². The molecular formula is C19H25N7O2. The molecule has 0 bridgehead atoms. The van der Waals surface area contributed by atoms with Gasteiger partial charge in [0.1, 0.15) is 0 Å². The summed E-state index contributed by atoms with van der Waals surface area (Å²) in [7, 11) is 2.02. The lowest BCUT2D eigenvalue weighted by molar-refractivity contribution is 0.0377. The maximum atomic E-state index is 5.41. The second-order valence-electron chi connectivity index (χ2n) is 6.88. The third-order valence-electron chi connectivity index (χ3n) is 4.83. The van der Waals surface area contributed by atoms with E-state index in [4.69, 9.17) is 9.37 Å². The van der Waals surface area contributed by atoms with E-state index in [-0.39, 0.29) is 0 Å². The number of aromatic nitrogens is 4. The molecule has 1 aliphatic heterocycles. The molecule has 0 aliphatic carbocycles. The average Bonchev–Trinajstić information content (AvgIpc) is 3.20. The molecule has 0 saturated carbocycles. The van der Waals surface area contributed by atoms with Crippen LogP contribution < -0.4 is 10.2 Å². The summed E-state index contributed by atoms with van der Waals surface area (Å²) < 4.78 is 10.2. The van der Waals surface area contributed by atoms with E-state index in [9.17, 15) is 0 Å². The molecule has 0 atom stereocenters. The lowest BCUT2D eigenvalue weighted by atomic mass is 10.2. The van der Waals surface area contributed by atoms with Crippen LogP contribution in [0.15, 0.2) is 35.0 Å². The number of hydrogen-bond acceptors (Lipinski definition) is 9.